The second kappa shape index (κ2) is 7.30. The molecule has 6 rings (SSSR count). The van der Waals surface area contributed by atoms with Gasteiger partial charge in [0, 0.05) is 12.3 Å². The van der Waals surface area contributed by atoms with Crippen molar-refractivity contribution in [3.63, 3.8) is 0 Å². The highest BCUT2D eigenvalue weighted by molar-refractivity contribution is 5.83. The molecule has 2 aliphatic heterocycles. The van der Waals surface area contributed by atoms with Crippen LogP contribution in [-0.4, -0.2) is 30.2 Å². The zero-order chi connectivity index (χ0) is 22.6. The summed E-state index contributed by atoms with van der Waals surface area (Å²) in [6, 6.07) is 0. The number of carbonyl (C=O) groups excluding carboxylic acids is 1. The number of hydrogen-bond donors (Lipinski definition) is 0. The minimum Gasteiger partial charge on any atom is -0.370 e. The van der Waals surface area contributed by atoms with Crippen molar-refractivity contribution in [2.24, 2.45) is 58.2 Å². The van der Waals surface area contributed by atoms with Gasteiger partial charge >= 0.3 is 0 Å². The molecule has 13 atom stereocenters. The van der Waals surface area contributed by atoms with E-state index in [1.54, 1.807) is 0 Å². The van der Waals surface area contributed by atoms with Crippen molar-refractivity contribution in [3.05, 3.63) is 0 Å². The van der Waals surface area contributed by atoms with Gasteiger partial charge in [-0.1, -0.05) is 48.0 Å². The molecule has 4 aliphatic carbocycles. The quantitative estimate of drug-likeness (QED) is 0.470. The zero-order valence-corrected chi connectivity index (χ0v) is 21.3. The Morgan fingerprint density at radius 3 is 2.44 bits per heavy atom. The number of carbonyl (C=O) groups is 1. The molecule has 0 bridgehead atoms. The first-order valence-electron chi connectivity index (χ1n) is 14.0. The number of ketones is 1. The Labute approximate surface area is 195 Å². The van der Waals surface area contributed by atoms with Crippen LogP contribution in [0.2, 0.25) is 0 Å². The highest BCUT2D eigenvalue weighted by Gasteiger charge is 2.66. The van der Waals surface area contributed by atoms with E-state index in [4.69, 9.17) is 9.47 Å². The van der Waals surface area contributed by atoms with E-state index in [1.807, 2.05) is 0 Å². The Kier molecular flexibility index (Phi) is 5.03. The lowest BCUT2D eigenvalue weighted by Gasteiger charge is -2.59. The summed E-state index contributed by atoms with van der Waals surface area (Å²) in [6.07, 6.45) is 11.4. The van der Waals surface area contributed by atoms with Gasteiger partial charge in [0.05, 0.1) is 24.4 Å². The zero-order valence-electron chi connectivity index (χ0n) is 21.3. The maximum Gasteiger partial charge on any atom is 0.136 e. The van der Waals surface area contributed by atoms with Crippen molar-refractivity contribution >= 4 is 5.78 Å². The molecule has 3 heteroatoms. The molecule has 4 saturated carbocycles. The molecule has 2 heterocycles. The van der Waals surface area contributed by atoms with E-state index < -0.39 is 0 Å². The summed E-state index contributed by atoms with van der Waals surface area (Å²) < 4.78 is 12.3. The van der Waals surface area contributed by atoms with Crippen LogP contribution in [0.3, 0.4) is 0 Å². The van der Waals surface area contributed by atoms with Gasteiger partial charge in [0.2, 0.25) is 0 Å². The molecule has 6 aliphatic rings. The Morgan fingerprint density at radius 2 is 1.72 bits per heavy atom. The third kappa shape index (κ3) is 3.01. The number of epoxide rings is 2. The average molecular weight is 443 g/mol. The van der Waals surface area contributed by atoms with Crippen LogP contribution in [0.25, 0.3) is 0 Å². The fraction of sp³-hybridized carbons (Fsp3) is 0.966. The van der Waals surface area contributed by atoms with Crippen LogP contribution in [-0.2, 0) is 14.3 Å². The maximum atomic E-state index is 13.4. The Bertz CT molecular complexity index is 776. The average Bonchev–Trinajstić information content (AvgIpc) is 3.63. The van der Waals surface area contributed by atoms with Crippen LogP contribution in [0, 0.1) is 58.2 Å². The molecule has 0 spiro atoms. The third-order valence-electron chi connectivity index (χ3n) is 12.2. The van der Waals surface area contributed by atoms with Crippen molar-refractivity contribution in [2.45, 2.75) is 117 Å². The molecular weight excluding hydrogens is 396 g/mol. The highest BCUT2D eigenvalue weighted by Crippen LogP contribution is 2.69. The van der Waals surface area contributed by atoms with Crippen LogP contribution in [0.15, 0.2) is 0 Å². The molecule has 2 saturated heterocycles. The molecule has 1 unspecified atom stereocenters. The van der Waals surface area contributed by atoms with E-state index >= 15 is 0 Å². The largest absolute Gasteiger partial charge is 0.370 e. The van der Waals surface area contributed by atoms with Crippen molar-refractivity contribution in [1.29, 1.82) is 0 Å². The molecular formula is C29H46O3. The van der Waals surface area contributed by atoms with Crippen LogP contribution in [0.4, 0.5) is 0 Å². The lowest BCUT2D eigenvalue weighted by Crippen LogP contribution is -2.57. The minimum absolute atomic E-state index is 0.193. The van der Waals surface area contributed by atoms with E-state index in [-0.39, 0.29) is 11.3 Å². The summed E-state index contributed by atoms with van der Waals surface area (Å²) >= 11 is 0. The Balaban J connectivity index is 1.21. The fourth-order valence-electron chi connectivity index (χ4n) is 10.4. The van der Waals surface area contributed by atoms with Gasteiger partial charge in [-0.15, -0.1) is 0 Å². The molecule has 0 aromatic rings. The number of hydrogen-bond acceptors (Lipinski definition) is 3. The summed E-state index contributed by atoms with van der Waals surface area (Å²) in [6.45, 7) is 14.6. The monoisotopic (exact) mass is 442 g/mol. The van der Waals surface area contributed by atoms with Crippen molar-refractivity contribution < 1.29 is 14.3 Å². The molecule has 0 aromatic carbocycles. The predicted octanol–water partition coefficient (Wildman–Crippen LogP) is 6.29. The molecule has 32 heavy (non-hydrogen) atoms. The lowest BCUT2D eigenvalue weighted by atomic mass is 9.44. The molecule has 0 radical (unpaired) electrons. The van der Waals surface area contributed by atoms with Crippen molar-refractivity contribution in [1.82, 2.24) is 0 Å². The second-order valence-corrected chi connectivity index (χ2v) is 13.7. The topological polar surface area (TPSA) is 42.1 Å². The first kappa shape index (κ1) is 22.1. The highest BCUT2D eigenvalue weighted by atomic mass is 16.6. The number of ether oxygens (including phenoxy) is 2. The third-order valence-corrected chi connectivity index (χ3v) is 12.2. The first-order valence-corrected chi connectivity index (χ1v) is 14.0. The van der Waals surface area contributed by atoms with E-state index in [9.17, 15) is 4.79 Å². The van der Waals surface area contributed by atoms with Gasteiger partial charge < -0.3 is 9.47 Å². The Hall–Kier alpha value is -0.410. The van der Waals surface area contributed by atoms with Gasteiger partial charge in [-0.2, -0.15) is 0 Å². The predicted molar refractivity (Wildman–Crippen MR) is 126 cm³/mol. The first-order chi connectivity index (χ1) is 15.2. The molecule has 0 N–H and O–H groups in total. The summed E-state index contributed by atoms with van der Waals surface area (Å²) in [7, 11) is 0. The van der Waals surface area contributed by atoms with Crippen LogP contribution in [0.1, 0.15) is 92.9 Å². The van der Waals surface area contributed by atoms with Gasteiger partial charge in [-0.3, -0.25) is 4.79 Å². The SMILES string of the molecule is CC[C@@H](C(C)C)[C@@H]1O[C@H]1[C@@H](C)[C@H]1CC[C@H]2[C@@H]3CC(=O)C4C[C@@H]5O[C@@H]5C[C@]4(C)[C@H]3CC[C@]12C. The number of rotatable bonds is 5. The smallest absolute Gasteiger partial charge is 0.136 e. The van der Waals surface area contributed by atoms with Gasteiger partial charge in [0.1, 0.15) is 5.78 Å². The normalized spacial score (nSPS) is 55.5. The number of Topliss-reactive ketones (excluding diaryl/α,β-unsaturated/α-hetero) is 1. The van der Waals surface area contributed by atoms with Gasteiger partial charge in [-0.05, 0) is 90.8 Å². The van der Waals surface area contributed by atoms with Crippen molar-refractivity contribution in [3.8, 4) is 0 Å². The maximum absolute atomic E-state index is 13.4. The van der Waals surface area contributed by atoms with Crippen LogP contribution in [0.5, 0.6) is 0 Å². The molecule has 3 nitrogen and oxygen atoms in total. The minimum atomic E-state index is 0.193. The van der Waals surface area contributed by atoms with E-state index in [0.717, 1.165) is 37.0 Å². The molecule has 0 aromatic heterocycles. The molecule has 180 valence electrons. The van der Waals surface area contributed by atoms with E-state index in [2.05, 4.69) is 41.5 Å². The standard InChI is InChI=1S/C29H46O3/c1-7-17(15(2)3)27-26(32-27)16(4)19-8-9-20-18-12-23(30)22-13-24-25(31-24)14-29(22,6)21(18)10-11-28(19,20)5/h15-22,24-27H,7-14H2,1-6H3/t16-,17-,18-,19+,20-,21-,22?,24-,25+,26-,27-,28+,29+/m0/s1. The van der Waals surface area contributed by atoms with Crippen molar-refractivity contribution in [2.75, 3.05) is 0 Å². The van der Waals surface area contributed by atoms with Gasteiger partial charge in [-0.25, -0.2) is 0 Å². The van der Waals surface area contributed by atoms with E-state index in [1.165, 1.54) is 32.1 Å². The second-order valence-electron chi connectivity index (χ2n) is 13.7. The van der Waals surface area contributed by atoms with Gasteiger partial charge in [0.15, 0.2) is 0 Å². The van der Waals surface area contributed by atoms with E-state index in [0.29, 0.717) is 59.3 Å². The Morgan fingerprint density at radius 1 is 0.969 bits per heavy atom. The summed E-state index contributed by atoms with van der Waals surface area (Å²) in [5.74, 6) is 5.76. The lowest BCUT2D eigenvalue weighted by molar-refractivity contribution is -0.152. The van der Waals surface area contributed by atoms with Crippen LogP contribution >= 0.6 is 0 Å². The summed E-state index contributed by atoms with van der Waals surface area (Å²) in [5.41, 5.74) is 0.590. The molecule has 6 fully saturated rings. The molecule has 0 amide bonds. The summed E-state index contributed by atoms with van der Waals surface area (Å²) in [4.78, 5) is 13.4. The number of fused-ring (bicyclic) bond motifs is 6. The summed E-state index contributed by atoms with van der Waals surface area (Å²) in [5, 5.41) is 0. The fourth-order valence-corrected chi connectivity index (χ4v) is 10.4. The van der Waals surface area contributed by atoms with Crippen LogP contribution < -0.4 is 0 Å². The van der Waals surface area contributed by atoms with Gasteiger partial charge in [0.25, 0.3) is 0 Å².